The maximum atomic E-state index is 15.8. The normalized spacial score (nSPS) is 19.0. The lowest BCUT2D eigenvalue weighted by Crippen LogP contribution is -2.39. The van der Waals surface area contributed by atoms with Crippen LogP contribution in [0.4, 0.5) is 8.78 Å². The molecule has 1 fully saturated rings. The third-order valence-corrected chi connectivity index (χ3v) is 5.98. The number of hydrogen-bond donors (Lipinski definition) is 0. The number of amides is 1. The van der Waals surface area contributed by atoms with Gasteiger partial charge in [0.15, 0.2) is 5.67 Å². The van der Waals surface area contributed by atoms with E-state index in [0.717, 1.165) is 23.4 Å². The van der Waals surface area contributed by atoms with E-state index >= 15 is 4.39 Å². The van der Waals surface area contributed by atoms with Gasteiger partial charge in [-0.3, -0.25) is 4.79 Å². The number of halogens is 2. The zero-order valence-corrected chi connectivity index (χ0v) is 18.8. The second-order valence-corrected chi connectivity index (χ2v) is 8.38. The minimum atomic E-state index is -1.69. The van der Waals surface area contributed by atoms with E-state index in [9.17, 15) is 9.18 Å². The molecule has 1 atom stereocenters. The summed E-state index contributed by atoms with van der Waals surface area (Å²) in [6.45, 7) is 2.35. The summed E-state index contributed by atoms with van der Waals surface area (Å²) in [5.41, 5.74) is 1.24. The van der Waals surface area contributed by atoms with E-state index in [0.29, 0.717) is 30.7 Å². The summed E-state index contributed by atoms with van der Waals surface area (Å²) in [6, 6.07) is 11.1. The second kappa shape index (κ2) is 9.57. The molecule has 2 heterocycles. The van der Waals surface area contributed by atoms with Crippen LogP contribution in [0, 0.1) is 12.7 Å². The van der Waals surface area contributed by atoms with Crippen LogP contribution in [-0.4, -0.2) is 40.6 Å². The molecule has 33 heavy (non-hydrogen) atoms. The number of carbonyl (C=O) groups excluding carboxylic acids is 1. The minimum Gasteiger partial charge on any atom is -0.495 e. The molecule has 0 bridgehead atoms. The van der Waals surface area contributed by atoms with E-state index < -0.39 is 11.5 Å². The molecule has 1 aliphatic heterocycles. The Bertz CT molecular complexity index is 1160. The lowest BCUT2D eigenvalue weighted by molar-refractivity contribution is -0.127. The van der Waals surface area contributed by atoms with E-state index in [4.69, 9.17) is 4.74 Å². The average molecular weight is 452 g/mol. The lowest BCUT2D eigenvalue weighted by Gasteiger charge is -2.29. The van der Waals surface area contributed by atoms with Crippen LogP contribution in [-0.2, 0) is 10.5 Å². The fraction of sp³-hybridized carbons (Fsp3) is 0.308. The van der Waals surface area contributed by atoms with Crippen molar-refractivity contribution in [3.63, 3.8) is 0 Å². The summed E-state index contributed by atoms with van der Waals surface area (Å²) < 4.78 is 36.5. The summed E-state index contributed by atoms with van der Waals surface area (Å²) in [4.78, 5) is 18.7. The maximum absolute atomic E-state index is 15.8. The maximum Gasteiger partial charge on any atom is 0.246 e. The predicted molar refractivity (Wildman–Crippen MR) is 124 cm³/mol. The Balaban J connectivity index is 1.51. The highest BCUT2D eigenvalue weighted by atomic mass is 19.1. The number of ether oxygens (including phenoxy) is 1. The van der Waals surface area contributed by atoms with Crippen molar-refractivity contribution in [2.45, 2.75) is 31.9 Å². The molecule has 3 aromatic rings. The number of hydrogen-bond acceptors (Lipinski definition) is 3. The molecule has 0 radical (unpaired) electrons. The Morgan fingerprint density at radius 3 is 2.67 bits per heavy atom. The van der Waals surface area contributed by atoms with Crippen molar-refractivity contribution >= 4 is 12.0 Å². The van der Waals surface area contributed by atoms with Crippen LogP contribution in [0.5, 0.6) is 5.75 Å². The lowest BCUT2D eigenvalue weighted by atomic mass is 9.91. The Labute approximate surface area is 192 Å². The molecule has 0 saturated carbocycles. The smallest absolute Gasteiger partial charge is 0.246 e. The van der Waals surface area contributed by atoms with Gasteiger partial charge in [-0.15, -0.1) is 0 Å². The molecule has 5 nitrogen and oxygen atoms in total. The van der Waals surface area contributed by atoms with E-state index in [-0.39, 0.29) is 12.5 Å². The SMILES string of the molecule is COc1cc(/C=C/C(=O)N2CCCCC(F)(c3ccc(F)cc3)C2)ccc1-n1cnc(C)c1. The molecular weight excluding hydrogens is 424 g/mol. The van der Waals surface area contributed by atoms with Crippen LogP contribution in [0.15, 0.2) is 61.1 Å². The monoisotopic (exact) mass is 451 g/mol. The van der Waals surface area contributed by atoms with Gasteiger partial charge in [0.05, 0.1) is 31.4 Å². The Morgan fingerprint density at radius 1 is 1.18 bits per heavy atom. The van der Waals surface area contributed by atoms with Gasteiger partial charge in [-0.25, -0.2) is 13.8 Å². The Morgan fingerprint density at radius 2 is 1.97 bits per heavy atom. The van der Waals surface area contributed by atoms with Gasteiger partial charge in [-0.1, -0.05) is 18.2 Å². The van der Waals surface area contributed by atoms with Crippen LogP contribution in [0.3, 0.4) is 0 Å². The van der Waals surface area contributed by atoms with Gasteiger partial charge in [0.25, 0.3) is 0 Å². The number of likely N-dealkylation sites (tertiary alicyclic amines) is 1. The second-order valence-electron chi connectivity index (χ2n) is 8.38. The number of benzene rings is 2. The molecule has 0 aliphatic carbocycles. The van der Waals surface area contributed by atoms with Crippen molar-refractivity contribution in [2.75, 3.05) is 20.2 Å². The molecule has 4 rings (SSSR count). The molecule has 2 aromatic carbocycles. The van der Waals surface area contributed by atoms with Crippen LogP contribution in [0.1, 0.15) is 36.1 Å². The zero-order valence-electron chi connectivity index (χ0n) is 18.8. The van der Waals surface area contributed by atoms with E-state index in [1.807, 2.05) is 35.9 Å². The topological polar surface area (TPSA) is 47.4 Å². The van der Waals surface area contributed by atoms with Crippen LogP contribution < -0.4 is 4.74 Å². The van der Waals surface area contributed by atoms with Gasteiger partial charge in [0.2, 0.25) is 5.91 Å². The van der Waals surface area contributed by atoms with Crippen LogP contribution in [0.25, 0.3) is 11.8 Å². The summed E-state index contributed by atoms with van der Waals surface area (Å²) in [5, 5.41) is 0. The number of carbonyl (C=O) groups is 1. The first kappa shape index (κ1) is 22.7. The molecule has 1 saturated heterocycles. The molecule has 1 amide bonds. The van der Waals surface area contributed by atoms with Gasteiger partial charge in [0.1, 0.15) is 11.6 Å². The predicted octanol–water partition coefficient (Wildman–Crippen LogP) is 5.22. The number of rotatable bonds is 5. The first-order chi connectivity index (χ1) is 15.9. The van der Waals surface area contributed by atoms with Crippen molar-refractivity contribution < 1.29 is 18.3 Å². The van der Waals surface area contributed by atoms with Crippen molar-refractivity contribution in [3.8, 4) is 11.4 Å². The standard InChI is InChI=1S/C26H27F2N3O2/c1-19-16-31(18-29-19)23-11-5-20(15-24(23)33-2)6-12-25(32)30-14-4-3-13-26(28,17-30)21-7-9-22(27)10-8-21/h5-12,15-16,18H,3-4,13-14,17H2,1-2H3/b12-6+. The van der Waals surface area contributed by atoms with Crippen LogP contribution >= 0.6 is 0 Å². The number of aryl methyl sites for hydroxylation is 1. The number of alkyl halides is 1. The number of nitrogens with zero attached hydrogens (tertiary/aromatic N) is 3. The largest absolute Gasteiger partial charge is 0.495 e. The summed E-state index contributed by atoms with van der Waals surface area (Å²) >= 11 is 0. The molecule has 172 valence electrons. The van der Waals surface area contributed by atoms with Crippen molar-refractivity contribution in [1.29, 1.82) is 0 Å². The highest BCUT2D eigenvalue weighted by Crippen LogP contribution is 2.35. The zero-order chi connectivity index (χ0) is 23.4. The third kappa shape index (κ3) is 5.13. The van der Waals surface area contributed by atoms with E-state index in [1.165, 1.54) is 35.2 Å². The number of imidazole rings is 1. The van der Waals surface area contributed by atoms with Gasteiger partial charge in [0, 0.05) is 18.8 Å². The fourth-order valence-electron chi connectivity index (χ4n) is 4.18. The number of aromatic nitrogens is 2. The van der Waals surface area contributed by atoms with Gasteiger partial charge in [-0.05, 0) is 67.7 Å². The van der Waals surface area contributed by atoms with E-state index in [1.54, 1.807) is 19.5 Å². The highest BCUT2D eigenvalue weighted by Gasteiger charge is 2.36. The molecular formula is C26H27F2N3O2. The first-order valence-corrected chi connectivity index (χ1v) is 11.0. The molecule has 7 heteroatoms. The summed E-state index contributed by atoms with van der Waals surface area (Å²) in [7, 11) is 1.59. The van der Waals surface area contributed by atoms with E-state index in [2.05, 4.69) is 4.98 Å². The van der Waals surface area contributed by atoms with Crippen molar-refractivity contribution in [3.05, 3.63) is 83.7 Å². The fourth-order valence-corrected chi connectivity index (χ4v) is 4.18. The van der Waals surface area contributed by atoms with Crippen LogP contribution in [0.2, 0.25) is 0 Å². The molecule has 1 aromatic heterocycles. The minimum absolute atomic E-state index is 0.0515. The van der Waals surface area contributed by atoms with Crippen molar-refractivity contribution in [1.82, 2.24) is 14.5 Å². The molecule has 1 unspecified atom stereocenters. The Kier molecular flexibility index (Phi) is 6.58. The summed E-state index contributed by atoms with van der Waals surface area (Å²) in [6.07, 6.45) is 8.48. The molecule has 0 N–H and O–H groups in total. The summed E-state index contributed by atoms with van der Waals surface area (Å²) in [5.74, 6) is -0.0124. The Hall–Kier alpha value is -3.48. The first-order valence-electron chi connectivity index (χ1n) is 11.0. The van der Waals surface area contributed by atoms with Gasteiger partial charge < -0.3 is 14.2 Å². The molecule has 1 aliphatic rings. The average Bonchev–Trinajstić information content (AvgIpc) is 3.14. The van der Waals surface area contributed by atoms with Gasteiger partial charge in [-0.2, -0.15) is 0 Å². The quantitative estimate of drug-likeness (QED) is 0.500. The van der Waals surface area contributed by atoms with Gasteiger partial charge >= 0.3 is 0 Å². The highest BCUT2D eigenvalue weighted by molar-refractivity contribution is 5.92. The molecule has 0 spiro atoms. The van der Waals surface area contributed by atoms with Crippen molar-refractivity contribution in [2.24, 2.45) is 0 Å². The third-order valence-electron chi connectivity index (χ3n) is 5.98. The number of methoxy groups -OCH3 is 1.